The van der Waals surface area contributed by atoms with Crippen LogP contribution >= 0.6 is 0 Å². The number of hydrogen-bond acceptors (Lipinski definition) is 4. The maximum absolute atomic E-state index is 12.2. The first-order valence-electron chi connectivity index (χ1n) is 7.43. The molecule has 1 atom stereocenters. The van der Waals surface area contributed by atoms with E-state index in [9.17, 15) is 18.4 Å². The predicted octanol–water partition coefficient (Wildman–Crippen LogP) is 2.64. The summed E-state index contributed by atoms with van der Waals surface area (Å²) in [6, 6.07) is 5.02. The van der Waals surface area contributed by atoms with Gasteiger partial charge in [0.05, 0.1) is 7.11 Å². The Balaban J connectivity index is 1.87. The zero-order valence-electron chi connectivity index (χ0n) is 13.1. The minimum atomic E-state index is -2.93. The van der Waals surface area contributed by atoms with E-state index in [0.717, 1.165) is 12.8 Å². The molecule has 0 radical (unpaired) electrons. The van der Waals surface area contributed by atoms with Crippen LogP contribution in [-0.4, -0.2) is 49.9 Å². The fourth-order valence-corrected chi connectivity index (χ4v) is 2.49. The number of benzene rings is 1. The van der Waals surface area contributed by atoms with Crippen LogP contribution < -0.4 is 15.4 Å². The molecular formula is C15H19F2N3O4. The van der Waals surface area contributed by atoms with Crippen LogP contribution in [0.1, 0.15) is 12.8 Å². The number of hydrogen-bond donors (Lipinski definition) is 2. The molecular weight excluding hydrogens is 324 g/mol. The number of anilines is 1. The summed E-state index contributed by atoms with van der Waals surface area (Å²) in [7, 11) is 1.31. The Morgan fingerprint density at radius 1 is 1.38 bits per heavy atom. The molecule has 2 rings (SSSR count). The molecule has 9 heteroatoms. The summed E-state index contributed by atoms with van der Waals surface area (Å²) in [5.41, 5.74) is 0.325. The molecule has 0 unspecified atom stereocenters. The summed E-state index contributed by atoms with van der Waals surface area (Å²) in [4.78, 5) is 25.0. The van der Waals surface area contributed by atoms with Gasteiger partial charge in [0, 0.05) is 30.9 Å². The van der Waals surface area contributed by atoms with Gasteiger partial charge in [0.25, 0.3) is 0 Å². The Morgan fingerprint density at radius 3 is 2.88 bits per heavy atom. The first kappa shape index (κ1) is 17.8. The number of carbonyl (C=O) groups is 2. The molecule has 7 nitrogen and oxygen atoms in total. The summed E-state index contributed by atoms with van der Waals surface area (Å²) < 4.78 is 33.3. The zero-order chi connectivity index (χ0) is 17.5. The molecule has 1 aliphatic heterocycles. The first-order chi connectivity index (χ1) is 11.5. The van der Waals surface area contributed by atoms with Crippen molar-refractivity contribution in [3.8, 4) is 5.75 Å². The van der Waals surface area contributed by atoms with E-state index in [2.05, 4.69) is 20.1 Å². The van der Waals surface area contributed by atoms with E-state index in [1.807, 2.05) is 0 Å². The van der Waals surface area contributed by atoms with Crippen molar-refractivity contribution in [3.63, 3.8) is 0 Å². The van der Waals surface area contributed by atoms with Crippen LogP contribution in [0, 0.1) is 0 Å². The molecule has 1 saturated heterocycles. The maximum atomic E-state index is 12.2. The molecule has 0 aromatic heterocycles. The molecule has 0 spiro atoms. The largest absolute Gasteiger partial charge is 0.453 e. The number of ether oxygens (including phenoxy) is 2. The molecule has 0 saturated carbocycles. The lowest BCUT2D eigenvalue weighted by atomic mass is 10.1. The number of urea groups is 1. The Kier molecular flexibility index (Phi) is 6.16. The summed E-state index contributed by atoms with van der Waals surface area (Å²) in [6.07, 6.45) is 1.05. The number of likely N-dealkylation sites (tertiary alicyclic amines) is 1. The normalized spacial score (nSPS) is 17.3. The van der Waals surface area contributed by atoms with Crippen molar-refractivity contribution < 1.29 is 27.8 Å². The molecule has 1 aliphatic rings. The number of rotatable bonds is 4. The van der Waals surface area contributed by atoms with E-state index in [4.69, 9.17) is 0 Å². The number of alkyl halides is 2. The van der Waals surface area contributed by atoms with Crippen LogP contribution in [0.15, 0.2) is 24.3 Å². The lowest BCUT2D eigenvalue weighted by molar-refractivity contribution is -0.0498. The zero-order valence-corrected chi connectivity index (χ0v) is 13.1. The molecule has 1 aromatic rings. The van der Waals surface area contributed by atoms with E-state index >= 15 is 0 Å². The maximum Gasteiger partial charge on any atom is 0.409 e. The highest BCUT2D eigenvalue weighted by molar-refractivity contribution is 5.89. The van der Waals surface area contributed by atoms with E-state index in [1.165, 1.54) is 30.2 Å². The lowest BCUT2D eigenvalue weighted by Crippen LogP contribution is -2.50. The van der Waals surface area contributed by atoms with Gasteiger partial charge in [-0.1, -0.05) is 6.07 Å². The van der Waals surface area contributed by atoms with E-state index in [0.29, 0.717) is 18.8 Å². The fraction of sp³-hybridized carbons (Fsp3) is 0.467. The monoisotopic (exact) mass is 343 g/mol. The molecule has 24 heavy (non-hydrogen) atoms. The van der Waals surface area contributed by atoms with Gasteiger partial charge in [0.1, 0.15) is 5.75 Å². The number of halogens is 2. The van der Waals surface area contributed by atoms with Crippen molar-refractivity contribution in [2.75, 3.05) is 25.5 Å². The topological polar surface area (TPSA) is 79.9 Å². The fourth-order valence-electron chi connectivity index (χ4n) is 2.49. The van der Waals surface area contributed by atoms with Crippen LogP contribution in [0.5, 0.6) is 5.75 Å². The molecule has 132 valence electrons. The average molecular weight is 343 g/mol. The lowest BCUT2D eigenvalue weighted by Gasteiger charge is -2.32. The van der Waals surface area contributed by atoms with Gasteiger partial charge < -0.3 is 25.0 Å². The SMILES string of the molecule is COC(=O)N1CCC[C@@H](NC(=O)Nc2cccc(OC(F)F)c2)C1. The summed E-state index contributed by atoms with van der Waals surface area (Å²) in [5.74, 6) is -0.0441. The molecule has 3 amide bonds. The Bertz CT molecular complexity index is 586. The van der Waals surface area contributed by atoms with Gasteiger partial charge in [-0.3, -0.25) is 0 Å². The quantitative estimate of drug-likeness (QED) is 0.881. The Labute approximate surface area is 137 Å². The standard InChI is InChI=1S/C15H19F2N3O4/c1-23-15(22)20-7-3-5-11(9-20)19-14(21)18-10-4-2-6-12(8-10)24-13(16)17/h2,4,6,8,11,13H,3,5,7,9H2,1H3,(H2,18,19,21)/t11-/m1/s1. The minimum Gasteiger partial charge on any atom is -0.453 e. The number of piperidine rings is 1. The minimum absolute atomic E-state index is 0.0441. The third-order valence-electron chi connectivity index (χ3n) is 3.51. The van der Waals surface area contributed by atoms with Gasteiger partial charge in [-0.25, -0.2) is 9.59 Å². The Hall–Kier alpha value is -2.58. The second-order valence-electron chi connectivity index (χ2n) is 5.26. The third kappa shape index (κ3) is 5.25. The highest BCUT2D eigenvalue weighted by Crippen LogP contribution is 2.19. The van der Waals surface area contributed by atoms with Gasteiger partial charge in [-0.15, -0.1) is 0 Å². The molecule has 1 heterocycles. The Morgan fingerprint density at radius 2 is 2.17 bits per heavy atom. The van der Waals surface area contributed by atoms with Crippen molar-refractivity contribution in [3.05, 3.63) is 24.3 Å². The first-order valence-corrected chi connectivity index (χ1v) is 7.43. The van der Waals surface area contributed by atoms with Gasteiger partial charge in [-0.2, -0.15) is 8.78 Å². The van der Waals surface area contributed by atoms with Crippen molar-refractivity contribution in [1.82, 2.24) is 10.2 Å². The molecule has 1 aromatic carbocycles. The summed E-state index contributed by atoms with van der Waals surface area (Å²) in [6.45, 7) is -1.99. The van der Waals surface area contributed by atoms with Crippen molar-refractivity contribution in [2.24, 2.45) is 0 Å². The molecule has 0 aliphatic carbocycles. The van der Waals surface area contributed by atoms with Gasteiger partial charge in [0.2, 0.25) is 0 Å². The van der Waals surface area contributed by atoms with Crippen LogP contribution in [0.2, 0.25) is 0 Å². The highest BCUT2D eigenvalue weighted by atomic mass is 19.3. The number of methoxy groups -OCH3 is 1. The summed E-state index contributed by atoms with van der Waals surface area (Å²) >= 11 is 0. The van der Waals surface area contributed by atoms with Gasteiger partial charge in [0.15, 0.2) is 0 Å². The van der Waals surface area contributed by atoms with Gasteiger partial charge in [-0.05, 0) is 25.0 Å². The summed E-state index contributed by atoms with van der Waals surface area (Å²) in [5, 5.41) is 5.30. The number of amides is 3. The van der Waals surface area contributed by atoms with Crippen LogP contribution in [0.4, 0.5) is 24.1 Å². The molecule has 1 fully saturated rings. The van der Waals surface area contributed by atoms with Crippen LogP contribution in [0.3, 0.4) is 0 Å². The van der Waals surface area contributed by atoms with Crippen molar-refractivity contribution in [1.29, 1.82) is 0 Å². The van der Waals surface area contributed by atoms with Crippen molar-refractivity contribution in [2.45, 2.75) is 25.5 Å². The van der Waals surface area contributed by atoms with Crippen LogP contribution in [0.25, 0.3) is 0 Å². The van der Waals surface area contributed by atoms with Crippen molar-refractivity contribution >= 4 is 17.8 Å². The van der Waals surface area contributed by atoms with Gasteiger partial charge >= 0.3 is 18.7 Å². The molecule has 0 bridgehead atoms. The van der Waals surface area contributed by atoms with E-state index in [1.54, 1.807) is 6.07 Å². The highest BCUT2D eigenvalue weighted by Gasteiger charge is 2.25. The third-order valence-corrected chi connectivity index (χ3v) is 3.51. The number of nitrogens with zero attached hydrogens (tertiary/aromatic N) is 1. The van der Waals surface area contributed by atoms with Crippen LogP contribution in [-0.2, 0) is 4.74 Å². The van der Waals surface area contributed by atoms with E-state index in [-0.39, 0.29) is 11.8 Å². The second kappa shape index (κ2) is 8.32. The van der Waals surface area contributed by atoms with E-state index < -0.39 is 18.7 Å². The number of carbonyl (C=O) groups excluding carboxylic acids is 2. The predicted molar refractivity (Wildman–Crippen MR) is 82.2 cm³/mol. The average Bonchev–Trinajstić information content (AvgIpc) is 2.54. The molecule has 2 N–H and O–H groups in total. The smallest absolute Gasteiger partial charge is 0.409 e. The second-order valence-corrected chi connectivity index (χ2v) is 5.26. The number of nitrogens with one attached hydrogen (secondary N) is 2.